The number of halogens is 1. The van der Waals surface area contributed by atoms with Gasteiger partial charge in [-0.1, -0.05) is 28.5 Å². The molecule has 5 rings (SSSR count). The van der Waals surface area contributed by atoms with Gasteiger partial charge in [0.15, 0.2) is 28.1 Å². The van der Waals surface area contributed by atoms with Crippen molar-refractivity contribution < 1.29 is 54.0 Å². The Morgan fingerprint density at radius 2 is 1.86 bits per heavy atom. The predicted molar refractivity (Wildman–Crippen MR) is 171 cm³/mol. The number of aliphatic carboxylic acids is 2. The maximum absolute atomic E-state index is 13.6. The van der Waals surface area contributed by atoms with E-state index in [-0.39, 0.29) is 29.5 Å². The maximum atomic E-state index is 13.6. The number of thioether (sulfide) groups is 1. The fraction of sp³-hybridized carbons (Fsp3) is 0.346. The summed E-state index contributed by atoms with van der Waals surface area (Å²) in [5, 5.41) is 50.2. The number of phenols is 2. The second kappa shape index (κ2) is 12.6. The largest absolute Gasteiger partial charge is 0.504 e. The van der Waals surface area contributed by atoms with E-state index in [1.54, 1.807) is 0 Å². The van der Waals surface area contributed by atoms with Gasteiger partial charge in [0.25, 0.3) is 11.8 Å². The number of aromatic nitrogens is 1. The van der Waals surface area contributed by atoms with Crippen LogP contribution in [0.3, 0.4) is 0 Å². The average molecular weight is 740 g/mol. The van der Waals surface area contributed by atoms with Crippen molar-refractivity contribution in [2.24, 2.45) is 16.0 Å². The lowest BCUT2D eigenvalue weighted by atomic mass is 10.1. The molecule has 3 fully saturated rings. The van der Waals surface area contributed by atoms with E-state index in [2.05, 4.69) is 20.6 Å². The van der Waals surface area contributed by atoms with Crippen molar-refractivity contribution in [2.75, 3.05) is 25.4 Å². The van der Waals surface area contributed by atoms with E-state index >= 15 is 0 Å². The molecule has 3 atom stereocenters. The first kappa shape index (κ1) is 35.0. The number of primary amides is 1. The second-order valence-corrected chi connectivity index (χ2v) is 13.8. The van der Waals surface area contributed by atoms with E-state index in [4.69, 9.17) is 27.9 Å². The number of nitrogens with zero attached hydrogens (tertiary/aromatic N) is 6. The first-order chi connectivity index (χ1) is 22.9. The van der Waals surface area contributed by atoms with Crippen LogP contribution in [0.2, 0.25) is 5.02 Å². The summed E-state index contributed by atoms with van der Waals surface area (Å²) >= 11 is 7.71. The first-order valence-corrected chi connectivity index (χ1v) is 15.9. The smallest absolute Gasteiger partial charge is 0.350 e. The van der Waals surface area contributed by atoms with Crippen molar-refractivity contribution in [2.45, 2.75) is 35.7 Å². The van der Waals surface area contributed by atoms with Crippen LogP contribution in [0, 0.1) is 0 Å². The highest BCUT2D eigenvalue weighted by Crippen LogP contribution is 2.49. The molecule has 20 nitrogen and oxygen atoms in total. The molecule has 0 saturated carbocycles. The fourth-order valence-corrected chi connectivity index (χ4v) is 7.30. The highest BCUT2D eigenvalue weighted by atomic mass is 35.5. The summed E-state index contributed by atoms with van der Waals surface area (Å²) in [6, 6.07) is -0.125. The van der Waals surface area contributed by atoms with Crippen LogP contribution in [0.4, 0.5) is 9.93 Å². The zero-order chi connectivity index (χ0) is 36.2. The number of β-lactam (4-membered cyclic amide) rings is 1. The van der Waals surface area contributed by atoms with Crippen molar-refractivity contribution in [3.05, 3.63) is 33.8 Å². The molecule has 1 aromatic heterocycles. The van der Waals surface area contributed by atoms with Gasteiger partial charge < -0.3 is 46.9 Å². The Kier molecular flexibility index (Phi) is 8.99. The van der Waals surface area contributed by atoms with Gasteiger partial charge >= 0.3 is 18.0 Å². The summed E-state index contributed by atoms with van der Waals surface area (Å²) < 4.78 is 0. The average Bonchev–Trinajstić information content (AvgIpc) is 3.73. The number of nitrogen functional groups attached to an aromatic ring is 1. The minimum atomic E-state index is -2.06. The molecule has 5 amide bonds. The third-order valence-electron chi connectivity index (χ3n) is 7.55. The van der Waals surface area contributed by atoms with Crippen LogP contribution in [0.15, 0.2) is 27.8 Å². The van der Waals surface area contributed by atoms with Gasteiger partial charge in [-0.25, -0.2) is 24.4 Å². The van der Waals surface area contributed by atoms with Gasteiger partial charge in [-0.05, 0) is 26.0 Å². The van der Waals surface area contributed by atoms with Crippen LogP contribution in [-0.4, -0.2) is 129 Å². The van der Waals surface area contributed by atoms with E-state index in [1.807, 2.05) is 0 Å². The highest BCUT2D eigenvalue weighted by molar-refractivity contribution is 8.02. The van der Waals surface area contributed by atoms with Gasteiger partial charge in [0.05, 0.1) is 18.1 Å². The Balaban J connectivity index is 1.37. The number of phenolic OH excluding ortho intramolecular Hbond substituents is 2. The maximum Gasteiger partial charge on any atom is 0.350 e. The number of urea groups is 1. The number of carboxylic acid groups (broad SMARTS) is 2. The molecule has 0 radical (unpaired) electrons. The Morgan fingerprint density at radius 3 is 2.45 bits per heavy atom. The van der Waals surface area contributed by atoms with E-state index in [0.29, 0.717) is 11.8 Å². The molecule has 3 aliphatic heterocycles. The molecule has 0 spiro atoms. The number of fused-ring (bicyclic) bond motifs is 1. The summed E-state index contributed by atoms with van der Waals surface area (Å²) in [6.45, 7) is 1.44. The Hall–Kier alpha value is -5.35. The molecule has 0 bridgehead atoms. The molecule has 1 aromatic carbocycles. The molecule has 23 heteroatoms. The minimum Gasteiger partial charge on any atom is -0.504 e. The molecule has 2 aromatic rings. The number of nitrogens with two attached hydrogens (primary N) is 2. The SMILES string of the molecule is CC(C)(O/N=C(\C(=O)N[C@@H]1C(=O)N2C[C@@](C(=O)O)(N3CCN(/N=C(\C(N)=O)c4ccc(O)c(O)c4Cl)C3=O)S[C@H]12)c1csc(N)n1)C(=O)O. The molecule has 49 heavy (non-hydrogen) atoms. The number of amides is 5. The van der Waals surface area contributed by atoms with E-state index in [9.17, 15) is 49.2 Å². The Labute approximate surface area is 287 Å². The number of carbonyl (C=O) groups excluding carboxylic acids is 4. The Bertz CT molecular complexity index is 1870. The number of thiazole rings is 1. The molecule has 0 aliphatic carbocycles. The molecule has 4 heterocycles. The van der Waals surface area contributed by atoms with Crippen LogP contribution >= 0.6 is 34.7 Å². The molecule has 0 unspecified atom stereocenters. The summed E-state index contributed by atoms with van der Waals surface area (Å²) in [5.41, 5.74) is 7.91. The number of hydrazone groups is 1. The molecule has 3 aliphatic rings. The number of nitrogens with one attached hydrogen (secondary N) is 1. The van der Waals surface area contributed by atoms with E-state index < -0.39 is 92.1 Å². The van der Waals surface area contributed by atoms with E-state index in [0.717, 1.165) is 38.3 Å². The number of oxime groups is 1. The zero-order valence-electron chi connectivity index (χ0n) is 25.2. The normalized spacial score (nSPS) is 22.6. The van der Waals surface area contributed by atoms with Crippen molar-refractivity contribution in [1.29, 1.82) is 0 Å². The minimum absolute atomic E-state index is 0.0531. The number of hydrogen-bond acceptors (Lipinski definition) is 15. The summed E-state index contributed by atoms with van der Waals surface area (Å²) in [6.07, 6.45) is 0. The second-order valence-electron chi connectivity index (χ2n) is 11.1. The van der Waals surface area contributed by atoms with Gasteiger partial charge in [0.1, 0.15) is 17.1 Å². The van der Waals surface area contributed by atoms with E-state index in [1.165, 1.54) is 19.2 Å². The highest BCUT2D eigenvalue weighted by Gasteiger charge is 2.66. The molecular weight excluding hydrogens is 714 g/mol. The summed E-state index contributed by atoms with van der Waals surface area (Å²) in [7, 11) is 0. The number of rotatable bonds is 11. The quantitative estimate of drug-likeness (QED) is 0.0641. The number of aromatic hydroxyl groups is 2. The molecule has 3 saturated heterocycles. The summed E-state index contributed by atoms with van der Waals surface area (Å²) in [5.74, 6) is -7.09. The van der Waals surface area contributed by atoms with Crippen LogP contribution < -0.4 is 16.8 Å². The van der Waals surface area contributed by atoms with Crippen LogP contribution in [0.5, 0.6) is 11.5 Å². The molecular formula is C26H26ClN9O11S2. The first-order valence-electron chi connectivity index (χ1n) is 13.8. The van der Waals surface area contributed by atoms with Crippen molar-refractivity contribution in [3.63, 3.8) is 0 Å². The third kappa shape index (κ3) is 6.08. The standard InChI is InChI=1S/C26H26ClN9O11S2/c1-25(2,21(42)43)47-33-14(10-7-48-23(29)30-10)18(40)31-15-19(41)34-8-26(22(44)45,49-20(15)34)35-5-6-36(24(35)46)32-13(17(28)39)9-3-4-11(37)16(38)12(9)27/h3-4,7,15,20,37-38H,5-6,8H2,1-2H3,(H2,28,39)(H2,29,30)(H,31,40)(H,42,43)(H,44,45)/b32-13-,33-14-/t15-,20-,26-/m1/s1. The lowest BCUT2D eigenvalue weighted by molar-refractivity contribution is -0.161. The molecule has 9 N–H and O–H groups in total. The van der Waals surface area contributed by atoms with Gasteiger partial charge in [0, 0.05) is 17.5 Å². The Morgan fingerprint density at radius 1 is 1.16 bits per heavy atom. The van der Waals surface area contributed by atoms with Crippen molar-refractivity contribution in [1.82, 2.24) is 25.1 Å². The zero-order valence-corrected chi connectivity index (χ0v) is 27.6. The monoisotopic (exact) mass is 739 g/mol. The topological polar surface area (TPSA) is 304 Å². The van der Waals surface area contributed by atoms with Gasteiger partial charge in [-0.2, -0.15) is 5.10 Å². The van der Waals surface area contributed by atoms with Crippen molar-refractivity contribution in [3.8, 4) is 11.5 Å². The number of benzene rings is 1. The van der Waals surface area contributed by atoms with Crippen molar-refractivity contribution >= 4 is 86.9 Å². The fourth-order valence-electron chi connectivity index (χ4n) is 4.86. The lowest BCUT2D eigenvalue weighted by Crippen LogP contribution is -2.68. The lowest BCUT2D eigenvalue weighted by Gasteiger charge is -2.41. The van der Waals surface area contributed by atoms with Gasteiger partial charge in [0.2, 0.25) is 16.4 Å². The summed E-state index contributed by atoms with van der Waals surface area (Å²) in [4.78, 5) is 85.7. The number of carbonyl (C=O) groups is 6. The van der Waals surface area contributed by atoms with Gasteiger partial charge in [-0.15, -0.1) is 11.3 Å². The number of hydrogen-bond donors (Lipinski definition) is 7. The van der Waals surface area contributed by atoms with Crippen LogP contribution in [-0.2, 0) is 28.8 Å². The predicted octanol–water partition coefficient (Wildman–Crippen LogP) is -0.818. The number of carboxylic acids is 2. The molecule has 260 valence electrons. The van der Waals surface area contributed by atoms with Crippen LogP contribution in [0.25, 0.3) is 0 Å². The van der Waals surface area contributed by atoms with Crippen LogP contribution in [0.1, 0.15) is 25.1 Å². The number of anilines is 1. The van der Waals surface area contributed by atoms with Gasteiger partial charge in [-0.3, -0.25) is 19.3 Å². The third-order valence-corrected chi connectivity index (χ3v) is 10.3.